The van der Waals surface area contributed by atoms with Crippen molar-refractivity contribution in [2.75, 3.05) is 10.6 Å². The van der Waals surface area contributed by atoms with Crippen molar-refractivity contribution >= 4 is 23.3 Å². The van der Waals surface area contributed by atoms with Gasteiger partial charge in [-0.1, -0.05) is 36.4 Å². The highest BCUT2D eigenvalue weighted by molar-refractivity contribution is 6.08. The van der Waals surface area contributed by atoms with Crippen LogP contribution in [0.4, 0.5) is 16.2 Å². The number of amides is 3. The molecule has 0 aliphatic carbocycles. The highest BCUT2D eigenvalue weighted by atomic mass is 16.2. The van der Waals surface area contributed by atoms with Crippen LogP contribution in [0.15, 0.2) is 79.0 Å². The third-order valence-electron chi connectivity index (χ3n) is 5.15. The number of hydrogen-bond donors (Lipinski definition) is 3. The van der Waals surface area contributed by atoms with Crippen LogP contribution in [0.1, 0.15) is 21.5 Å². The van der Waals surface area contributed by atoms with Crippen molar-refractivity contribution in [2.24, 2.45) is 5.73 Å². The quantitative estimate of drug-likeness (QED) is 0.424. The number of para-hydroxylation sites is 1. The van der Waals surface area contributed by atoms with E-state index in [1.165, 1.54) is 5.56 Å². The van der Waals surface area contributed by atoms with Gasteiger partial charge >= 0.3 is 6.03 Å². The fraction of sp³-hybridized carbons (Fsp3) is 0.0800. The molecule has 0 fully saturated rings. The van der Waals surface area contributed by atoms with E-state index in [1.54, 1.807) is 35.1 Å². The van der Waals surface area contributed by atoms with Gasteiger partial charge in [-0.2, -0.15) is 5.10 Å². The zero-order valence-corrected chi connectivity index (χ0v) is 17.8. The molecule has 1 aromatic heterocycles. The number of benzene rings is 3. The predicted molar refractivity (Wildman–Crippen MR) is 126 cm³/mol. The average molecular weight is 425 g/mol. The van der Waals surface area contributed by atoms with Crippen LogP contribution in [0.5, 0.6) is 0 Å². The molecule has 7 nitrogen and oxygen atoms in total. The first-order valence-electron chi connectivity index (χ1n) is 10.1. The Balaban J connectivity index is 1.73. The number of nitrogens with one attached hydrogen (secondary N) is 2. The standard InChI is InChI=1S/C25H23N5O2/c1-16-11-12-18(13-17(16)2)23-22(15-30(29-23)21-9-4-3-5-10-21)24(31)27-19-7-6-8-20(14-19)28-25(26)32/h3-15H,1-2H3,(H,27,31)(H3,26,28,32). The number of aryl methyl sites for hydroxylation is 2. The Morgan fingerprint density at radius 3 is 2.25 bits per heavy atom. The normalized spacial score (nSPS) is 10.6. The molecular weight excluding hydrogens is 402 g/mol. The number of rotatable bonds is 5. The summed E-state index contributed by atoms with van der Waals surface area (Å²) in [5.74, 6) is -0.309. The number of carbonyl (C=O) groups is 2. The maximum atomic E-state index is 13.3. The number of nitrogens with zero attached hydrogens (tertiary/aromatic N) is 2. The molecule has 0 saturated carbocycles. The zero-order valence-electron chi connectivity index (χ0n) is 17.8. The molecule has 1 heterocycles. The lowest BCUT2D eigenvalue weighted by molar-refractivity contribution is 0.102. The molecule has 0 bridgehead atoms. The van der Waals surface area contributed by atoms with Crippen LogP contribution in [0.2, 0.25) is 0 Å². The van der Waals surface area contributed by atoms with E-state index in [0.717, 1.165) is 16.8 Å². The Morgan fingerprint density at radius 1 is 0.844 bits per heavy atom. The summed E-state index contributed by atoms with van der Waals surface area (Å²) in [5, 5.41) is 10.1. The minimum Gasteiger partial charge on any atom is -0.351 e. The van der Waals surface area contributed by atoms with E-state index in [1.807, 2.05) is 62.4 Å². The van der Waals surface area contributed by atoms with E-state index in [-0.39, 0.29) is 5.91 Å². The molecule has 0 radical (unpaired) electrons. The van der Waals surface area contributed by atoms with Crippen molar-refractivity contribution in [3.05, 3.63) is 95.7 Å². The molecule has 0 aliphatic heterocycles. The zero-order chi connectivity index (χ0) is 22.7. The molecule has 0 saturated heterocycles. The summed E-state index contributed by atoms with van der Waals surface area (Å²) < 4.78 is 1.70. The largest absolute Gasteiger partial charge is 0.351 e. The van der Waals surface area contributed by atoms with Crippen molar-refractivity contribution in [3.63, 3.8) is 0 Å². The van der Waals surface area contributed by atoms with E-state index in [9.17, 15) is 9.59 Å². The first-order valence-corrected chi connectivity index (χ1v) is 10.1. The van der Waals surface area contributed by atoms with Gasteiger partial charge in [0.2, 0.25) is 0 Å². The van der Waals surface area contributed by atoms with E-state index >= 15 is 0 Å². The van der Waals surface area contributed by atoms with Crippen LogP contribution in [0.3, 0.4) is 0 Å². The second-order valence-corrected chi connectivity index (χ2v) is 7.49. The maximum Gasteiger partial charge on any atom is 0.316 e. The van der Waals surface area contributed by atoms with E-state index in [0.29, 0.717) is 22.6 Å². The summed E-state index contributed by atoms with van der Waals surface area (Å²) in [5.41, 5.74) is 11.2. The van der Waals surface area contributed by atoms with Crippen LogP contribution >= 0.6 is 0 Å². The lowest BCUT2D eigenvalue weighted by Crippen LogP contribution is -2.19. The molecule has 0 atom stereocenters. The van der Waals surface area contributed by atoms with Gasteiger partial charge in [0.1, 0.15) is 5.69 Å². The third kappa shape index (κ3) is 4.52. The summed E-state index contributed by atoms with van der Waals surface area (Å²) in [6, 6.07) is 21.8. The smallest absolute Gasteiger partial charge is 0.316 e. The SMILES string of the molecule is Cc1ccc(-c2nn(-c3ccccc3)cc2C(=O)Nc2cccc(NC(N)=O)c2)cc1C. The Kier molecular flexibility index (Phi) is 5.72. The highest BCUT2D eigenvalue weighted by Crippen LogP contribution is 2.27. The number of carbonyl (C=O) groups excluding carboxylic acids is 2. The minimum atomic E-state index is -0.672. The second-order valence-electron chi connectivity index (χ2n) is 7.49. The monoisotopic (exact) mass is 425 g/mol. The van der Waals surface area contributed by atoms with Gasteiger partial charge in [0.25, 0.3) is 5.91 Å². The summed E-state index contributed by atoms with van der Waals surface area (Å²) in [4.78, 5) is 24.4. The van der Waals surface area contributed by atoms with Gasteiger partial charge in [-0.3, -0.25) is 4.79 Å². The third-order valence-corrected chi connectivity index (χ3v) is 5.15. The molecule has 160 valence electrons. The van der Waals surface area contributed by atoms with Gasteiger partial charge in [-0.25, -0.2) is 9.48 Å². The number of anilines is 2. The lowest BCUT2D eigenvalue weighted by Gasteiger charge is -2.08. The summed E-state index contributed by atoms with van der Waals surface area (Å²) in [6.07, 6.45) is 1.72. The Morgan fingerprint density at radius 2 is 1.56 bits per heavy atom. The molecule has 0 unspecified atom stereocenters. The summed E-state index contributed by atoms with van der Waals surface area (Å²) >= 11 is 0. The molecule has 4 aromatic rings. The number of aromatic nitrogens is 2. The molecule has 32 heavy (non-hydrogen) atoms. The van der Waals surface area contributed by atoms with Crippen LogP contribution in [0, 0.1) is 13.8 Å². The molecule has 3 aromatic carbocycles. The van der Waals surface area contributed by atoms with Gasteiger partial charge in [0.05, 0.1) is 11.3 Å². The number of primary amides is 1. The van der Waals surface area contributed by atoms with Crippen molar-refractivity contribution in [3.8, 4) is 16.9 Å². The van der Waals surface area contributed by atoms with Gasteiger partial charge < -0.3 is 16.4 Å². The summed E-state index contributed by atoms with van der Waals surface area (Å²) in [7, 11) is 0. The van der Waals surface area contributed by atoms with Gasteiger partial charge in [-0.15, -0.1) is 0 Å². The Bertz CT molecular complexity index is 1290. The minimum absolute atomic E-state index is 0.309. The second kappa shape index (κ2) is 8.77. The molecule has 3 amide bonds. The Labute approximate surface area is 185 Å². The van der Waals surface area contributed by atoms with Crippen LogP contribution in [-0.2, 0) is 0 Å². The fourth-order valence-corrected chi connectivity index (χ4v) is 3.37. The van der Waals surface area contributed by atoms with Crippen molar-refractivity contribution < 1.29 is 9.59 Å². The topological polar surface area (TPSA) is 102 Å². The van der Waals surface area contributed by atoms with Gasteiger partial charge in [0, 0.05) is 23.1 Å². The molecule has 0 spiro atoms. The van der Waals surface area contributed by atoms with Crippen molar-refractivity contribution in [2.45, 2.75) is 13.8 Å². The van der Waals surface area contributed by atoms with E-state index < -0.39 is 6.03 Å². The molecule has 7 heteroatoms. The number of hydrogen-bond acceptors (Lipinski definition) is 3. The lowest BCUT2D eigenvalue weighted by atomic mass is 10.0. The van der Waals surface area contributed by atoms with Crippen LogP contribution in [-0.4, -0.2) is 21.7 Å². The first-order chi connectivity index (χ1) is 15.4. The van der Waals surface area contributed by atoms with E-state index in [4.69, 9.17) is 10.8 Å². The van der Waals surface area contributed by atoms with Crippen LogP contribution < -0.4 is 16.4 Å². The summed E-state index contributed by atoms with van der Waals surface area (Å²) in [6.45, 7) is 4.08. The van der Waals surface area contributed by atoms with E-state index in [2.05, 4.69) is 10.6 Å². The molecular formula is C25H23N5O2. The molecule has 0 aliphatic rings. The molecule has 4 N–H and O–H groups in total. The first kappa shape index (κ1) is 20.9. The highest BCUT2D eigenvalue weighted by Gasteiger charge is 2.19. The van der Waals surface area contributed by atoms with Gasteiger partial charge in [-0.05, 0) is 61.4 Å². The Hall–Kier alpha value is -4.39. The van der Waals surface area contributed by atoms with Crippen LogP contribution in [0.25, 0.3) is 16.9 Å². The fourth-order valence-electron chi connectivity index (χ4n) is 3.37. The predicted octanol–water partition coefficient (Wildman–Crippen LogP) is 4.90. The average Bonchev–Trinajstić information content (AvgIpc) is 3.22. The van der Waals surface area contributed by atoms with Crippen molar-refractivity contribution in [1.29, 1.82) is 0 Å². The molecule has 4 rings (SSSR count). The number of urea groups is 1. The van der Waals surface area contributed by atoms with Crippen molar-refractivity contribution in [1.82, 2.24) is 9.78 Å². The maximum absolute atomic E-state index is 13.3. The number of nitrogens with two attached hydrogens (primary N) is 1. The van der Waals surface area contributed by atoms with Gasteiger partial charge in [0.15, 0.2) is 0 Å².